The fourth-order valence-electron chi connectivity index (χ4n) is 3.88. The van der Waals surface area contributed by atoms with Crippen molar-refractivity contribution in [1.82, 2.24) is 0 Å². The lowest BCUT2D eigenvalue weighted by Gasteiger charge is -2.36. The number of rotatable bonds is 9. The van der Waals surface area contributed by atoms with Crippen molar-refractivity contribution >= 4 is 31.5 Å². The quantitative estimate of drug-likeness (QED) is 0.233. The second-order valence-corrected chi connectivity index (χ2v) is 18.3. The molecule has 0 saturated carbocycles. The molecule has 172 valence electrons. The topological polar surface area (TPSA) is 9.23 Å². The highest BCUT2D eigenvalue weighted by atomic mass is 79.9. The van der Waals surface area contributed by atoms with E-state index in [0.717, 1.165) is 13.0 Å². The summed E-state index contributed by atoms with van der Waals surface area (Å²) in [4.78, 5) is 0. The molecule has 0 aliphatic heterocycles. The van der Waals surface area contributed by atoms with E-state index in [1.54, 1.807) is 0 Å². The molecule has 0 aliphatic rings. The summed E-state index contributed by atoms with van der Waals surface area (Å²) in [5.74, 6) is 0. The molecule has 1 nitrogen and oxygen atoms in total. The molecule has 0 heterocycles. The van der Waals surface area contributed by atoms with Crippen molar-refractivity contribution in [1.29, 1.82) is 0 Å². The van der Waals surface area contributed by atoms with Crippen LogP contribution in [0.2, 0.25) is 18.1 Å². The van der Waals surface area contributed by atoms with Gasteiger partial charge in [-0.05, 0) is 67.4 Å². The maximum Gasteiger partial charge on any atom is 0.191 e. The van der Waals surface area contributed by atoms with E-state index in [9.17, 15) is 0 Å². The van der Waals surface area contributed by atoms with E-state index in [2.05, 4.69) is 125 Å². The minimum Gasteiger partial charge on any atom is -1.00 e. The van der Waals surface area contributed by atoms with Crippen molar-refractivity contribution in [2.45, 2.75) is 51.7 Å². The Morgan fingerprint density at radius 3 is 1.38 bits per heavy atom. The van der Waals surface area contributed by atoms with Crippen LogP contribution in [0.3, 0.4) is 0 Å². The predicted molar refractivity (Wildman–Crippen MR) is 142 cm³/mol. The summed E-state index contributed by atoms with van der Waals surface area (Å²) in [6.07, 6.45) is 3.45. The summed E-state index contributed by atoms with van der Waals surface area (Å²) in [6.45, 7) is 12.5. The van der Waals surface area contributed by atoms with Crippen LogP contribution < -0.4 is 32.9 Å². The van der Waals surface area contributed by atoms with Crippen molar-refractivity contribution in [3.63, 3.8) is 0 Å². The van der Waals surface area contributed by atoms with Crippen LogP contribution in [-0.4, -0.2) is 21.1 Å². The lowest BCUT2D eigenvalue weighted by molar-refractivity contribution is -0.00000742. The highest BCUT2D eigenvalue weighted by Crippen LogP contribution is 2.55. The molecule has 3 aromatic rings. The average Bonchev–Trinajstić information content (AvgIpc) is 2.77. The summed E-state index contributed by atoms with van der Waals surface area (Å²) in [7, 11) is -3.39. The second-order valence-electron chi connectivity index (χ2n) is 9.86. The van der Waals surface area contributed by atoms with Crippen LogP contribution in [0.1, 0.15) is 33.6 Å². The van der Waals surface area contributed by atoms with Gasteiger partial charge < -0.3 is 21.4 Å². The van der Waals surface area contributed by atoms with E-state index in [1.807, 2.05) is 0 Å². The average molecular weight is 530 g/mol. The third-order valence-electron chi connectivity index (χ3n) is 6.75. The number of benzene rings is 3. The molecule has 0 amide bonds. The Morgan fingerprint density at radius 1 is 0.656 bits per heavy atom. The smallest absolute Gasteiger partial charge is 0.191 e. The number of unbranched alkanes of at least 4 members (excludes halogenated alkanes) is 1. The Kier molecular flexibility index (Phi) is 9.91. The Bertz CT molecular complexity index is 827. The SMILES string of the molecule is CC(C)(C)[Si](C)(C)OCCCC[P+](c1ccccc1)(c1ccccc1)c1ccccc1.[Br-]. The van der Waals surface area contributed by atoms with Crippen molar-refractivity contribution in [3.05, 3.63) is 91.0 Å². The molecule has 4 heteroatoms. The molecule has 0 N–H and O–H groups in total. The zero-order valence-corrected chi connectivity index (χ0v) is 23.7. The molecule has 0 aliphatic carbocycles. The summed E-state index contributed by atoms with van der Waals surface area (Å²) in [5, 5.41) is 4.68. The van der Waals surface area contributed by atoms with Crippen molar-refractivity contribution in [2.24, 2.45) is 0 Å². The fourth-order valence-corrected chi connectivity index (χ4v) is 9.37. The molecule has 3 rings (SSSR count). The third kappa shape index (κ3) is 6.20. The van der Waals surface area contributed by atoms with Gasteiger partial charge in [0, 0.05) is 6.61 Å². The summed E-state index contributed by atoms with van der Waals surface area (Å²) < 4.78 is 6.48. The number of halogens is 1. The van der Waals surface area contributed by atoms with Gasteiger partial charge in [0.05, 0.1) is 6.16 Å². The Hall–Kier alpha value is -1.25. The van der Waals surface area contributed by atoms with Crippen LogP contribution in [-0.2, 0) is 4.43 Å². The van der Waals surface area contributed by atoms with Gasteiger partial charge in [0.2, 0.25) is 0 Å². The molecule has 0 radical (unpaired) electrons. The van der Waals surface area contributed by atoms with Crippen LogP contribution in [0.25, 0.3) is 0 Å². The van der Waals surface area contributed by atoms with Crippen molar-refractivity contribution in [2.75, 3.05) is 12.8 Å². The molecule has 0 aromatic heterocycles. The van der Waals surface area contributed by atoms with E-state index < -0.39 is 15.6 Å². The van der Waals surface area contributed by atoms with Gasteiger partial charge in [-0.2, -0.15) is 0 Å². The van der Waals surface area contributed by atoms with Crippen LogP contribution in [0, 0.1) is 0 Å². The molecule has 0 unspecified atom stereocenters. The number of hydrogen-bond acceptors (Lipinski definition) is 1. The van der Waals surface area contributed by atoms with Gasteiger partial charge in [0.15, 0.2) is 8.32 Å². The van der Waals surface area contributed by atoms with Crippen molar-refractivity contribution < 1.29 is 21.4 Å². The van der Waals surface area contributed by atoms with E-state index in [1.165, 1.54) is 28.5 Å². The molecule has 0 bridgehead atoms. The minimum absolute atomic E-state index is 0. The van der Waals surface area contributed by atoms with Gasteiger partial charge in [-0.3, -0.25) is 0 Å². The summed E-state index contributed by atoms with van der Waals surface area (Å²) in [5.41, 5.74) is 0. The monoisotopic (exact) mass is 528 g/mol. The molecule has 0 saturated heterocycles. The van der Waals surface area contributed by atoms with E-state index >= 15 is 0 Å². The van der Waals surface area contributed by atoms with Gasteiger partial charge in [0.1, 0.15) is 23.2 Å². The molecular weight excluding hydrogens is 491 g/mol. The van der Waals surface area contributed by atoms with E-state index in [-0.39, 0.29) is 22.0 Å². The minimum atomic E-state index is -1.71. The van der Waals surface area contributed by atoms with Gasteiger partial charge in [-0.25, -0.2) is 0 Å². The van der Waals surface area contributed by atoms with Crippen LogP contribution in [0.4, 0.5) is 0 Å². The highest BCUT2D eigenvalue weighted by molar-refractivity contribution is 7.95. The zero-order chi connectivity index (χ0) is 22.4. The highest BCUT2D eigenvalue weighted by Gasteiger charge is 2.44. The standard InChI is InChI=1S/C28H38OPSi.BrH/c1-28(2,3)31(4,5)29-23-15-16-24-30(25-17-9-6-10-18-25,26-19-11-7-12-20-26)27-21-13-8-14-22-27;/h6-14,17-22H,15-16,23-24H2,1-5H3;1H/q+1;/p-1. The number of hydrogen-bond donors (Lipinski definition) is 0. The Balaban J connectivity index is 0.00000363. The largest absolute Gasteiger partial charge is 1.00 e. The lowest BCUT2D eigenvalue weighted by Crippen LogP contribution is -3.00. The van der Waals surface area contributed by atoms with Crippen LogP contribution in [0.15, 0.2) is 91.0 Å². The Morgan fingerprint density at radius 2 is 1.03 bits per heavy atom. The molecule has 0 fully saturated rings. The molecule has 3 aromatic carbocycles. The maximum atomic E-state index is 6.48. The van der Waals surface area contributed by atoms with Crippen molar-refractivity contribution in [3.8, 4) is 0 Å². The molecule has 0 atom stereocenters. The first-order valence-electron chi connectivity index (χ1n) is 11.5. The van der Waals surface area contributed by atoms with Crippen LogP contribution >= 0.6 is 7.26 Å². The predicted octanol–water partition coefficient (Wildman–Crippen LogP) is 3.79. The summed E-state index contributed by atoms with van der Waals surface area (Å²) >= 11 is 0. The van der Waals surface area contributed by atoms with Gasteiger partial charge in [-0.15, -0.1) is 0 Å². The zero-order valence-electron chi connectivity index (χ0n) is 20.2. The first-order valence-corrected chi connectivity index (χ1v) is 16.3. The third-order valence-corrected chi connectivity index (χ3v) is 15.8. The molecule has 0 spiro atoms. The molecular formula is C28H38BrOPSi. The van der Waals surface area contributed by atoms with E-state index in [0.29, 0.717) is 0 Å². The lowest BCUT2D eigenvalue weighted by atomic mass is 10.2. The van der Waals surface area contributed by atoms with Gasteiger partial charge in [0.25, 0.3) is 0 Å². The van der Waals surface area contributed by atoms with Gasteiger partial charge >= 0.3 is 0 Å². The molecule has 32 heavy (non-hydrogen) atoms. The maximum absolute atomic E-state index is 6.48. The normalized spacial score (nSPS) is 12.3. The summed E-state index contributed by atoms with van der Waals surface area (Å²) in [6, 6.07) is 33.5. The Labute approximate surface area is 207 Å². The fraction of sp³-hybridized carbons (Fsp3) is 0.357. The van der Waals surface area contributed by atoms with E-state index in [4.69, 9.17) is 4.43 Å². The first-order chi connectivity index (χ1) is 14.8. The first kappa shape index (κ1) is 27.0. The second kappa shape index (κ2) is 11.7. The van der Waals surface area contributed by atoms with Gasteiger partial charge in [-0.1, -0.05) is 75.4 Å². The van der Waals surface area contributed by atoms with Crippen LogP contribution in [0.5, 0.6) is 0 Å².